The Labute approximate surface area is 121 Å². The first kappa shape index (κ1) is 13.2. The van der Waals surface area contributed by atoms with Crippen LogP contribution in [0.1, 0.15) is 45.5 Å². The van der Waals surface area contributed by atoms with Gasteiger partial charge in [0.2, 0.25) is 0 Å². The summed E-state index contributed by atoms with van der Waals surface area (Å²) in [6.45, 7) is 8.05. The van der Waals surface area contributed by atoms with Gasteiger partial charge in [-0.25, -0.2) is 9.97 Å². The van der Waals surface area contributed by atoms with Crippen molar-refractivity contribution in [2.45, 2.75) is 32.6 Å². The van der Waals surface area contributed by atoms with Gasteiger partial charge >= 0.3 is 0 Å². The maximum atomic E-state index is 12.1. The van der Waals surface area contributed by atoms with Gasteiger partial charge in [-0.15, -0.1) is 17.9 Å². The van der Waals surface area contributed by atoms with Gasteiger partial charge in [0, 0.05) is 17.8 Å². The number of thiophene rings is 1. The topological polar surface area (TPSA) is 54.9 Å². The van der Waals surface area contributed by atoms with Gasteiger partial charge in [-0.1, -0.05) is 6.08 Å². The predicted molar refractivity (Wildman–Crippen MR) is 81.4 cm³/mol. The number of nitrogens with zero attached hydrogens (tertiary/aromatic N) is 2. The van der Waals surface area contributed by atoms with Crippen LogP contribution in [0.2, 0.25) is 0 Å². The van der Waals surface area contributed by atoms with Crippen LogP contribution in [-0.4, -0.2) is 22.4 Å². The maximum absolute atomic E-state index is 12.1. The molecule has 3 rings (SSSR count). The largest absolute Gasteiger partial charge is 0.348 e. The number of fused-ring (bicyclic) bond motifs is 1. The van der Waals surface area contributed by atoms with Gasteiger partial charge < -0.3 is 5.32 Å². The number of nitrogens with one attached hydrogen (secondary N) is 1. The summed E-state index contributed by atoms with van der Waals surface area (Å²) in [6.07, 6.45) is 4.04. The highest BCUT2D eigenvalue weighted by Crippen LogP contribution is 2.40. The molecule has 1 aliphatic rings. The summed E-state index contributed by atoms with van der Waals surface area (Å²) in [6, 6.07) is 0. The van der Waals surface area contributed by atoms with Gasteiger partial charge in [0.05, 0.1) is 10.6 Å². The number of amides is 1. The van der Waals surface area contributed by atoms with E-state index in [2.05, 4.69) is 21.9 Å². The van der Waals surface area contributed by atoms with E-state index < -0.39 is 0 Å². The Hall–Kier alpha value is -1.75. The van der Waals surface area contributed by atoms with E-state index in [1.54, 1.807) is 6.08 Å². The summed E-state index contributed by atoms with van der Waals surface area (Å²) < 4.78 is 0. The van der Waals surface area contributed by atoms with Crippen molar-refractivity contribution in [3.8, 4) is 0 Å². The van der Waals surface area contributed by atoms with Crippen molar-refractivity contribution in [2.75, 3.05) is 6.54 Å². The Kier molecular flexibility index (Phi) is 3.30. The molecule has 0 aliphatic heterocycles. The Bertz CT molecular complexity index is 701. The van der Waals surface area contributed by atoms with Crippen molar-refractivity contribution in [3.05, 3.63) is 34.6 Å². The van der Waals surface area contributed by atoms with Crippen LogP contribution in [0.5, 0.6) is 0 Å². The van der Waals surface area contributed by atoms with Crippen LogP contribution in [-0.2, 0) is 0 Å². The second-order valence-electron chi connectivity index (χ2n) is 5.18. The Morgan fingerprint density at radius 1 is 1.45 bits per heavy atom. The molecule has 0 saturated heterocycles. The number of hydrogen-bond donors (Lipinski definition) is 1. The van der Waals surface area contributed by atoms with Crippen molar-refractivity contribution in [1.82, 2.24) is 15.3 Å². The molecule has 0 atom stereocenters. The van der Waals surface area contributed by atoms with Gasteiger partial charge in [-0.2, -0.15) is 0 Å². The van der Waals surface area contributed by atoms with Crippen molar-refractivity contribution < 1.29 is 4.79 Å². The fourth-order valence-corrected chi connectivity index (χ4v) is 3.50. The molecular formula is C15H17N3OS. The molecule has 2 aromatic heterocycles. The van der Waals surface area contributed by atoms with Crippen molar-refractivity contribution in [3.63, 3.8) is 0 Å². The summed E-state index contributed by atoms with van der Waals surface area (Å²) in [5.74, 6) is 1.41. The normalized spacial score (nSPS) is 14.5. The lowest BCUT2D eigenvalue weighted by Gasteiger charge is -2.02. The zero-order chi connectivity index (χ0) is 14.3. The first-order valence-electron chi connectivity index (χ1n) is 6.78. The van der Waals surface area contributed by atoms with E-state index in [1.807, 2.05) is 13.8 Å². The SMILES string of the molecule is C=CCNC(=O)c1sc2nc(C3CC3)nc(C)c2c1C. The van der Waals surface area contributed by atoms with E-state index in [9.17, 15) is 4.79 Å². The van der Waals surface area contributed by atoms with Crippen LogP contribution in [0.15, 0.2) is 12.7 Å². The van der Waals surface area contributed by atoms with Gasteiger partial charge in [-0.3, -0.25) is 4.79 Å². The van der Waals surface area contributed by atoms with Crippen LogP contribution in [0, 0.1) is 13.8 Å². The second kappa shape index (κ2) is 4.98. The quantitative estimate of drug-likeness (QED) is 0.879. The minimum absolute atomic E-state index is 0.0576. The van der Waals surface area contributed by atoms with E-state index >= 15 is 0 Å². The zero-order valence-corrected chi connectivity index (χ0v) is 12.5. The van der Waals surface area contributed by atoms with E-state index in [-0.39, 0.29) is 5.91 Å². The second-order valence-corrected chi connectivity index (χ2v) is 6.18. The molecule has 2 aromatic rings. The molecule has 5 heteroatoms. The molecule has 0 bridgehead atoms. The molecule has 104 valence electrons. The van der Waals surface area contributed by atoms with Crippen LogP contribution in [0.4, 0.5) is 0 Å². The average molecular weight is 287 g/mol. The number of aromatic nitrogens is 2. The molecule has 20 heavy (non-hydrogen) atoms. The van der Waals surface area contributed by atoms with Crippen LogP contribution < -0.4 is 5.32 Å². The summed E-state index contributed by atoms with van der Waals surface area (Å²) in [5.41, 5.74) is 1.96. The minimum Gasteiger partial charge on any atom is -0.348 e. The number of carbonyl (C=O) groups is 1. The fraction of sp³-hybridized carbons (Fsp3) is 0.400. The minimum atomic E-state index is -0.0576. The van der Waals surface area contributed by atoms with Gasteiger partial charge in [0.1, 0.15) is 10.7 Å². The molecule has 1 amide bonds. The molecule has 1 fully saturated rings. The molecule has 1 saturated carbocycles. The monoisotopic (exact) mass is 287 g/mol. The van der Waals surface area contributed by atoms with Crippen molar-refractivity contribution in [2.24, 2.45) is 0 Å². The predicted octanol–water partition coefficient (Wildman–Crippen LogP) is 3.10. The van der Waals surface area contributed by atoms with Crippen LogP contribution >= 0.6 is 11.3 Å². The molecule has 0 spiro atoms. The van der Waals surface area contributed by atoms with Crippen molar-refractivity contribution >= 4 is 27.5 Å². The highest BCUT2D eigenvalue weighted by atomic mass is 32.1. The van der Waals surface area contributed by atoms with Gasteiger partial charge in [0.25, 0.3) is 5.91 Å². The first-order chi connectivity index (χ1) is 9.61. The van der Waals surface area contributed by atoms with E-state index in [0.29, 0.717) is 12.5 Å². The molecule has 2 heterocycles. The van der Waals surface area contributed by atoms with Gasteiger partial charge in [-0.05, 0) is 32.3 Å². The third-order valence-corrected chi connectivity index (χ3v) is 4.73. The Morgan fingerprint density at radius 2 is 2.20 bits per heavy atom. The highest BCUT2D eigenvalue weighted by Gasteiger charge is 2.28. The Balaban J connectivity index is 2.06. The van der Waals surface area contributed by atoms with E-state index in [4.69, 9.17) is 0 Å². The molecule has 0 radical (unpaired) electrons. The third-order valence-electron chi connectivity index (χ3n) is 3.54. The number of carbonyl (C=O) groups excluding carboxylic acids is 1. The molecular weight excluding hydrogens is 270 g/mol. The van der Waals surface area contributed by atoms with Gasteiger partial charge in [0.15, 0.2) is 0 Å². The molecule has 0 unspecified atom stereocenters. The fourth-order valence-electron chi connectivity index (χ4n) is 2.35. The van der Waals surface area contributed by atoms with E-state index in [1.165, 1.54) is 24.2 Å². The van der Waals surface area contributed by atoms with E-state index in [0.717, 1.165) is 32.2 Å². The molecule has 4 nitrogen and oxygen atoms in total. The lowest BCUT2D eigenvalue weighted by atomic mass is 10.1. The lowest BCUT2D eigenvalue weighted by Crippen LogP contribution is -2.22. The lowest BCUT2D eigenvalue weighted by molar-refractivity contribution is 0.0961. The van der Waals surface area contributed by atoms with Crippen LogP contribution in [0.25, 0.3) is 10.2 Å². The third kappa shape index (κ3) is 2.22. The van der Waals surface area contributed by atoms with Crippen LogP contribution in [0.3, 0.4) is 0 Å². The number of rotatable bonds is 4. The summed E-state index contributed by atoms with van der Waals surface area (Å²) in [4.78, 5) is 23.1. The highest BCUT2D eigenvalue weighted by molar-refractivity contribution is 7.20. The maximum Gasteiger partial charge on any atom is 0.261 e. The summed E-state index contributed by atoms with van der Waals surface area (Å²) in [7, 11) is 0. The molecule has 1 aliphatic carbocycles. The smallest absolute Gasteiger partial charge is 0.261 e. The zero-order valence-electron chi connectivity index (χ0n) is 11.7. The molecule has 1 N–H and O–H groups in total. The molecule has 0 aromatic carbocycles. The Morgan fingerprint density at radius 3 is 2.85 bits per heavy atom. The number of aryl methyl sites for hydroxylation is 2. The number of hydrogen-bond acceptors (Lipinski definition) is 4. The summed E-state index contributed by atoms with van der Waals surface area (Å²) in [5, 5.41) is 3.86. The average Bonchev–Trinajstić information content (AvgIpc) is 3.21. The standard InChI is InChI=1S/C15H17N3OS/c1-4-7-16-14(19)12-8(2)11-9(3)17-13(10-5-6-10)18-15(11)20-12/h4,10H,1,5-7H2,2-3H3,(H,16,19). The van der Waals surface area contributed by atoms with Crippen molar-refractivity contribution in [1.29, 1.82) is 0 Å². The first-order valence-corrected chi connectivity index (χ1v) is 7.60. The summed E-state index contributed by atoms with van der Waals surface area (Å²) >= 11 is 1.46.